The summed E-state index contributed by atoms with van der Waals surface area (Å²) < 4.78 is 5.44. The van der Waals surface area contributed by atoms with E-state index in [0.717, 1.165) is 6.54 Å². The molecule has 1 aliphatic heterocycles. The van der Waals surface area contributed by atoms with Gasteiger partial charge in [-0.15, -0.1) is 0 Å². The van der Waals surface area contributed by atoms with E-state index >= 15 is 0 Å². The fraction of sp³-hybridized carbons (Fsp3) is 0.750. The van der Waals surface area contributed by atoms with E-state index in [0.29, 0.717) is 11.9 Å². The lowest BCUT2D eigenvalue weighted by Crippen LogP contribution is -2.20. The molecule has 0 amide bonds. The van der Waals surface area contributed by atoms with Gasteiger partial charge in [-0.25, -0.2) is 0 Å². The zero-order valence-electron chi connectivity index (χ0n) is 11.2. The Labute approximate surface area is 122 Å². The number of halogens is 1. The van der Waals surface area contributed by atoms with Gasteiger partial charge >= 0.3 is 6.01 Å². The fourth-order valence-corrected chi connectivity index (χ4v) is 3.22. The number of nitrogens with zero attached hydrogens (tertiary/aromatic N) is 3. The van der Waals surface area contributed by atoms with Crippen LogP contribution < -0.4 is 10.1 Å². The molecule has 0 bridgehead atoms. The van der Waals surface area contributed by atoms with Gasteiger partial charge in [-0.2, -0.15) is 26.7 Å². The van der Waals surface area contributed by atoms with Crippen LogP contribution in [0.15, 0.2) is 0 Å². The minimum Gasteiger partial charge on any atom is -0.461 e. The van der Waals surface area contributed by atoms with E-state index in [1.54, 1.807) is 0 Å². The quantitative estimate of drug-likeness (QED) is 0.902. The van der Waals surface area contributed by atoms with Gasteiger partial charge in [-0.3, -0.25) is 0 Å². The third kappa shape index (κ3) is 5.03. The maximum Gasteiger partial charge on any atom is 0.322 e. The Balaban J connectivity index is 1.93. The number of hydrogen-bond donors (Lipinski definition) is 1. The first-order chi connectivity index (χ1) is 9.13. The Morgan fingerprint density at radius 1 is 1.32 bits per heavy atom. The van der Waals surface area contributed by atoms with Gasteiger partial charge in [0.2, 0.25) is 11.2 Å². The highest BCUT2D eigenvalue weighted by atomic mass is 35.5. The van der Waals surface area contributed by atoms with Gasteiger partial charge in [0.15, 0.2) is 0 Å². The highest BCUT2D eigenvalue weighted by Crippen LogP contribution is 2.23. The van der Waals surface area contributed by atoms with Gasteiger partial charge in [-0.1, -0.05) is 0 Å². The Kier molecular flexibility index (Phi) is 5.51. The van der Waals surface area contributed by atoms with E-state index in [4.69, 9.17) is 16.3 Å². The van der Waals surface area contributed by atoms with Crippen LogP contribution in [-0.2, 0) is 0 Å². The van der Waals surface area contributed by atoms with Crippen LogP contribution in [0.4, 0.5) is 5.95 Å². The molecule has 5 nitrogen and oxygen atoms in total. The van der Waals surface area contributed by atoms with Crippen LogP contribution >= 0.6 is 23.4 Å². The second kappa shape index (κ2) is 7.14. The minimum atomic E-state index is 0.0154. The Hall–Kier alpha value is -0.750. The summed E-state index contributed by atoms with van der Waals surface area (Å²) in [6, 6.07) is 0.275. The number of thioether (sulfide) groups is 1. The molecule has 2 rings (SSSR count). The zero-order chi connectivity index (χ0) is 13.7. The lowest BCUT2D eigenvalue weighted by Gasteiger charge is -2.21. The van der Waals surface area contributed by atoms with Crippen LogP contribution in [0.5, 0.6) is 6.01 Å². The van der Waals surface area contributed by atoms with E-state index in [2.05, 4.69) is 20.3 Å². The number of anilines is 1. The van der Waals surface area contributed by atoms with Crippen LogP contribution in [0.25, 0.3) is 0 Å². The molecule has 0 spiro atoms. The van der Waals surface area contributed by atoms with E-state index in [1.807, 2.05) is 25.6 Å². The lowest BCUT2D eigenvalue weighted by molar-refractivity contribution is 0.222. The van der Waals surface area contributed by atoms with E-state index in [-0.39, 0.29) is 17.4 Å². The van der Waals surface area contributed by atoms with Crippen LogP contribution in [0.1, 0.15) is 26.7 Å². The molecule has 0 unspecified atom stereocenters. The standard InChI is InChI=1S/C12H19ClN4OS/c1-8(2)18-12-16-10(13)15-11(17-12)14-7-9-3-5-19-6-4-9/h8-9H,3-7H2,1-2H3,(H,14,15,16,17). The monoisotopic (exact) mass is 302 g/mol. The normalized spacial score (nSPS) is 16.6. The van der Waals surface area contributed by atoms with E-state index in [1.165, 1.54) is 24.3 Å². The highest BCUT2D eigenvalue weighted by Gasteiger charge is 2.14. The van der Waals surface area contributed by atoms with Crippen molar-refractivity contribution in [1.82, 2.24) is 15.0 Å². The largest absolute Gasteiger partial charge is 0.461 e. The summed E-state index contributed by atoms with van der Waals surface area (Å²) in [4.78, 5) is 12.2. The molecule has 19 heavy (non-hydrogen) atoms. The Morgan fingerprint density at radius 3 is 2.74 bits per heavy atom. The van der Waals surface area contributed by atoms with Crippen LogP contribution in [-0.4, -0.2) is 39.1 Å². The van der Waals surface area contributed by atoms with Gasteiger partial charge < -0.3 is 10.1 Å². The maximum absolute atomic E-state index is 5.87. The summed E-state index contributed by atoms with van der Waals surface area (Å²) in [6.45, 7) is 4.72. The average molecular weight is 303 g/mol. The van der Waals surface area contributed by atoms with Gasteiger partial charge in [0.25, 0.3) is 0 Å². The smallest absolute Gasteiger partial charge is 0.322 e. The first-order valence-corrected chi connectivity index (χ1v) is 8.06. The molecule has 0 saturated carbocycles. The van der Waals surface area contributed by atoms with Crippen molar-refractivity contribution >= 4 is 29.3 Å². The minimum absolute atomic E-state index is 0.0154. The molecule has 1 saturated heterocycles. The second-order valence-electron chi connectivity index (χ2n) is 4.81. The SMILES string of the molecule is CC(C)Oc1nc(Cl)nc(NCC2CCSCC2)n1. The van der Waals surface area contributed by atoms with E-state index < -0.39 is 0 Å². The van der Waals surface area contributed by atoms with Crippen molar-refractivity contribution in [3.8, 4) is 6.01 Å². The summed E-state index contributed by atoms with van der Waals surface area (Å²) in [7, 11) is 0. The molecule has 106 valence electrons. The van der Waals surface area contributed by atoms with Crippen LogP contribution in [0.3, 0.4) is 0 Å². The number of rotatable bonds is 5. The first-order valence-electron chi connectivity index (χ1n) is 6.53. The van der Waals surface area contributed by atoms with Crippen LogP contribution in [0, 0.1) is 5.92 Å². The van der Waals surface area contributed by atoms with Crippen molar-refractivity contribution in [2.75, 3.05) is 23.4 Å². The molecule has 1 aromatic heterocycles. The van der Waals surface area contributed by atoms with Crippen molar-refractivity contribution in [2.24, 2.45) is 5.92 Å². The maximum atomic E-state index is 5.87. The summed E-state index contributed by atoms with van der Waals surface area (Å²) in [6.07, 6.45) is 2.50. The third-order valence-corrected chi connectivity index (χ3v) is 4.04. The molecule has 1 N–H and O–H groups in total. The van der Waals surface area contributed by atoms with Crippen molar-refractivity contribution in [3.05, 3.63) is 5.28 Å². The molecule has 2 heterocycles. The summed E-state index contributed by atoms with van der Waals surface area (Å²) in [5.41, 5.74) is 0. The number of ether oxygens (including phenoxy) is 1. The van der Waals surface area contributed by atoms with Gasteiger partial charge in [0.1, 0.15) is 0 Å². The van der Waals surface area contributed by atoms with Crippen molar-refractivity contribution in [2.45, 2.75) is 32.8 Å². The molecule has 1 aliphatic rings. The van der Waals surface area contributed by atoms with Gasteiger partial charge in [-0.05, 0) is 55.7 Å². The van der Waals surface area contributed by atoms with Crippen molar-refractivity contribution in [3.63, 3.8) is 0 Å². The molecule has 1 aromatic rings. The van der Waals surface area contributed by atoms with Crippen molar-refractivity contribution in [1.29, 1.82) is 0 Å². The number of nitrogens with one attached hydrogen (secondary N) is 1. The molecule has 0 aromatic carbocycles. The predicted octanol–water partition coefficient (Wildman–Crippen LogP) is 2.87. The average Bonchev–Trinajstić information content (AvgIpc) is 2.36. The number of hydrogen-bond acceptors (Lipinski definition) is 6. The fourth-order valence-electron chi connectivity index (χ4n) is 1.86. The third-order valence-electron chi connectivity index (χ3n) is 2.82. The molecule has 1 fully saturated rings. The van der Waals surface area contributed by atoms with Crippen molar-refractivity contribution < 1.29 is 4.74 Å². The molecule has 0 aliphatic carbocycles. The van der Waals surface area contributed by atoms with Gasteiger partial charge in [0.05, 0.1) is 6.10 Å². The summed E-state index contributed by atoms with van der Waals surface area (Å²) in [5, 5.41) is 3.39. The Morgan fingerprint density at radius 2 is 2.05 bits per heavy atom. The zero-order valence-corrected chi connectivity index (χ0v) is 12.8. The number of aromatic nitrogens is 3. The second-order valence-corrected chi connectivity index (χ2v) is 6.38. The van der Waals surface area contributed by atoms with E-state index in [9.17, 15) is 0 Å². The van der Waals surface area contributed by atoms with Crippen LogP contribution in [0.2, 0.25) is 5.28 Å². The predicted molar refractivity (Wildman–Crippen MR) is 79.1 cm³/mol. The molecule has 0 radical (unpaired) electrons. The first kappa shape index (κ1) is 14.7. The molecular formula is C12H19ClN4OS. The Bertz CT molecular complexity index is 413. The molecular weight excluding hydrogens is 284 g/mol. The topological polar surface area (TPSA) is 59.9 Å². The highest BCUT2D eigenvalue weighted by molar-refractivity contribution is 7.99. The van der Waals surface area contributed by atoms with Gasteiger partial charge in [0, 0.05) is 6.54 Å². The lowest BCUT2D eigenvalue weighted by atomic mass is 10.0. The molecule has 0 atom stereocenters. The summed E-state index contributed by atoms with van der Waals surface area (Å²) >= 11 is 7.89. The summed E-state index contributed by atoms with van der Waals surface area (Å²) in [5.74, 6) is 3.66. The molecule has 7 heteroatoms.